The molecule has 0 unspecified atom stereocenters. The number of methoxy groups -OCH3 is 2. The first-order valence-electron chi connectivity index (χ1n) is 17.7. The molecule has 0 aliphatic heterocycles. The van der Waals surface area contributed by atoms with Crippen molar-refractivity contribution in [2.45, 2.75) is 0 Å². The van der Waals surface area contributed by atoms with Crippen molar-refractivity contribution in [3.05, 3.63) is 191 Å². The van der Waals surface area contributed by atoms with Crippen LogP contribution in [0, 0.1) is 23.7 Å². The van der Waals surface area contributed by atoms with E-state index in [1.807, 2.05) is 121 Å². The summed E-state index contributed by atoms with van der Waals surface area (Å²) < 4.78 is 11.2. The fourth-order valence-electron chi connectivity index (χ4n) is 6.60. The van der Waals surface area contributed by atoms with Gasteiger partial charge in [-0.25, -0.2) is 9.59 Å². The van der Waals surface area contributed by atoms with Crippen molar-refractivity contribution in [1.29, 1.82) is 0 Å². The van der Waals surface area contributed by atoms with E-state index in [-0.39, 0.29) is 11.1 Å². The van der Waals surface area contributed by atoms with Gasteiger partial charge >= 0.3 is 11.9 Å². The number of aromatic carboxylic acids is 2. The fourth-order valence-corrected chi connectivity index (χ4v) is 6.60. The van der Waals surface area contributed by atoms with Crippen LogP contribution >= 0.6 is 0 Å². The van der Waals surface area contributed by atoms with Crippen LogP contribution in [0.3, 0.4) is 0 Å². The van der Waals surface area contributed by atoms with Crippen molar-refractivity contribution >= 4 is 11.9 Å². The smallest absolute Gasteiger partial charge is 0.336 e. The third-order valence-electron chi connectivity index (χ3n) is 9.31. The van der Waals surface area contributed by atoms with Gasteiger partial charge in [0.2, 0.25) is 0 Å². The van der Waals surface area contributed by atoms with E-state index in [1.54, 1.807) is 50.6 Å². The van der Waals surface area contributed by atoms with Crippen LogP contribution in [0.2, 0.25) is 0 Å². The predicted molar refractivity (Wildman–Crippen MR) is 220 cm³/mol. The third-order valence-corrected chi connectivity index (χ3v) is 9.31. The quantitative estimate of drug-likeness (QED) is 0.151. The molecule has 0 aliphatic rings. The number of hydrogen-bond acceptors (Lipinski definition) is 4. The van der Waals surface area contributed by atoms with Gasteiger partial charge in [-0.2, -0.15) is 0 Å². The minimum Gasteiger partial charge on any atom is -0.493 e. The molecule has 2 N–H and O–H groups in total. The van der Waals surface area contributed by atoms with Gasteiger partial charge in [0.15, 0.2) is 11.5 Å². The van der Waals surface area contributed by atoms with Crippen molar-refractivity contribution in [3.63, 3.8) is 0 Å². The topological polar surface area (TPSA) is 93.1 Å². The molecule has 0 fully saturated rings. The summed E-state index contributed by atoms with van der Waals surface area (Å²) in [5.41, 5.74) is 9.45. The van der Waals surface area contributed by atoms with E-state index >= 15 is 0 Å². The van der Waals surface area contributed by atoms with Crippen molar-refractivity contribution in [3.8, 4) is 79.7 Å². The lowest BCUT2D eigenvalue weighted by molar-refractivity contribution is 0.0687. The van der Waals surface area contributed by atoms with Crippen LogP contribution in [0.1, 0.15) is 43.0 Å². The summed E-state index contributed by atoms with van der Waals surface area (Å²) in [6, 6.07) is 48.6. The number of carbonyl (C=O) groups is 2. The van der Waals surface area contributed by atoms with Crippen LogP contribution in [0.5, 0.6) is 11.5 Å². The summed E-state index contributed by atoms with van der Waals surface area (Å²) in [6.45, 7) is 0. The highest BCUT2D eigenvalue weighted by molar-refractivity contribution is 6.02. The highest BCUT2D eigenvalue weighted by Crippen LogP contribution is 2.37. The maximum atomic E-state index is 12.3. The third kappa shape index (κ3) is 7.77. The van der Waals surface area contributed by atoms with Gasteiger partial charge in [0.1, 0.15) is 0 Å². The summed E-state index contributed by atoms with van der Waals surface area (Å²) in [5.74, 6) is 12.0. The molecular formula is C50H34O6. The molecule has 270 valence electrons. The molecule has 0 saturated heterocycles. The van der Waals surface area contributed by atoms with Gasteiger partial charge in [-0.1, -0.05) is 133 Å². The second-order valence-corrected chi connectivity index (χ2v) is 12.7. The van der Waals surface area contributed by atoms with Crippen LogP contribution in [-0.2, 0) is 0 Å². The van der Waals surface area contributed by atoms with Gasteiger partial charge in [0.05, 0.1) is 25.3 Å². The predicted octanol–water partition coefficient (Wildman–Crippen LogP) is 10.6. The average Bonchev–Trinajstić information content (AvgIpc) is 3.25. The first-order valence-corrected chi connectivity index (χ1v) is 17.7. The molecule has 0 aromatic heterocycles. The first-order chi connectivity index (χ1) is 27.3. The van der Waals surface area contributed by atoms with E-state index < -0.39 is 11.9 Å². The van der Waals surface area contributed by atoms with E-state index in [0.717, 1.165) is 44.5 Å². The summed E-state index contributed by atoms with van der Waals surface area (Å²) in [5, 5.41) is 20.1. The second-order valence-electron chi connectivity index (χ2n) is 12.7. The Kier molecular flexibility index (Phi) is 10.8. The Hall–Kier alpha value is -7.80. The van der Waals surface area contributed by atoms with Gasteiger partial charge in [0, 0.05) is 45.5 Å². The molecule has 0 amide bonds. The zero-order valence-electron chi connectivity index (χ0n) is 30.5. The standard InChI is InChI=1S/C50H34O6/c1-55-45-31-39(29-23-33-19-25-37(26-20-33)47-41(35-11-5-3-6-12-35)15-9-17-43(47)49(51)52)40(32-46(45)56-2)30-24-34-21-27-38(28-22-34)48-42(36-13-7-4-8-14-36)16-10-18-44(48)50(53)54/h3-22,25-28,31-32H,1-2H3,(H,51,52)(H,53,54). The Labute approximate surface area is 325 Å². The van der Waals surface area contributed by atoms with Gasteiger partial charge in [-0.15, -0.1) is 0 Å². The number of ether oxygens (including phenoxy) is 2. The molecule has 0 aliphatic carbocycles. The molecule has 7 aromatic carbocycles. The molecule has 0 bridgehead atoms. The first kappa shape index (κ1) is 36.6. The minimum absolute atomic E-state index is 0.218. The van der Waals surface area contributed by atoms with Gasteiger partial charge in [0.25, 0.3) is 0 Å². The zero-order valence-corrected chi connectivity index (χ0v) is 30.5. The summed E-state index contributed by atoms with van der Waals surface area (Å²) in [7, 11) is 3.12. The highest BCUT2D eigenvalue weighted by atomic mass is 16.5. The molecule has 0 saturated carbocycles. The lowest BCUT2D eigenvalue weighted by Crippen LogP contribution is -2.01. The van der Waals surface area contributed by atoms with Gasteiger partial charge in [-0.05, 0) is 69.8 Å². The largest absolute Gasteiger partial charge is 0.493 e. The van der Waals surface area contributed by atoms with Crippen LogP contribution in [0.4, 0.5) is 0 Å². The van der Waals surface area contributed by atoms with E-state index in [9.17, 15) is 19.8 Å². The molecule has 56 heavy (non-hydrogen) atoms. The Bertz CT molecular complexity index is 2500. The Morgan fingerprint density at radius 2 is 0.804 bits per heavy atom. The summed E-state index contributed by atoms with van der Waals surface area (Å²) in [4.78, 5) is 24.6. The van der Waals surface area contributed by atoms with Crippen molar-refractivity contribution < 1.29 is 29.3 Å². The number of carboxylic acid groups (broad SMARTS) is 2. The van der Waals surface area contributed by atoms with Crippen molar-refractivity contribution in [1.82, 2.24) is 0 Å². The molecule has 0 spiro atoms. The molecule has 0 radical (unpaired) electrons. The maximum Gasteiger partial charge on any atom is 0.336 e. The number of rotatable bonds is 8. The minimum atomic E-state index is -1.000. The Morgan fingerprint density at radius 3 is 1.14 bits per heavy atom. The maximum absolute atomic E-state index is 12.3. The second kappa shape index (κ2) is 16.5. The zero-order chi connectivity index (χ0) is 39.0. The normalized spacial score (nSPS) is 10.3. The van der Waals surface area contributed by atoms with E-state index in [0.29, 0.717) is 33.8 Å². The van der Waals surface area contributed by atoms with Gasteiger partial charge < -0.3 is 19.7 Å². The molecule has 0 atom stereocenters. The SMILES string of the molecule is COc1cc(C#Cc2ccc(-c3c(C(=O)O)cccc3-c3ccccc3)cc2)c(C#Cc2ccc(-c3c(C(=O)O)cccc3-c3ccccc3)cc2)cc1OC. The lowest BCUT2D eigenvalue weighted by atomic mass is 9.90. The molecule has 6 heteroatoms. The Morgan fingerprint density at radius 1 is 0.429 bits per heavy atom. The average molecular weight is 731 g/mol. The molecular weight excluding hydrogens is 697 g/mol. The van der Waals surface area contributed by atoms with E-state index in [1.165, 1.54) is 0 Å². The van der Waals surface area contributed by atoms with Crippen molar-refractivity contribution in [2.24, 2.45) is 0 Å². The molecule has 7 aromatic rings. The highest BCUT2D eigenvalue weighted by Gasteiger charge is 2.18. The number of carboxylic acids is 2. The van der Waals surface area contributed by atoms with Crippen LogP contribution in [0.15, 0.2) is 158 Å². The van der Waals surface area contributed by atoms with Gasteiger partial charge in [-0.3, -0.25) is 0 Å². The van der Waals surface area contributed by atoms with Crippen LogP contribution in [-0.4, -0.2) is 36.4 Å². The summed E-state index contributed by atoms with van der Waals surface area (Å²) in [6.07, 6.45) is 0. The molecule has 7 rings (SSSR count). The molecule has 0 heterocycles. The number of hydrogen-bond donors (Lipinski definition) is 2. The van der Waals surface area contributed by atoms with E-state index in [4.69, 9.17) is 9.47 Å². The molecule has 6 nitrogen and oxygen atoms in total. The van der Waals surface area contributed by atoms with E-state index in [2.05, 4.69) is 23.7 Å². The number of benzene rings is 7. The fraction of sp³-hybridized carbons (Fsp3) is 0.0400. The van der Waals surface area contributed by atoms with Crippen molar-refractivity contribution in [2.75, 3.05) is 14.2 Å². The summed E-state index contributed by atoms with van der Waals surface area (Å²) >= 11 is 0. The Balaban J connectivity index is 1.22. The van der Waals surface area contributed by atoms with Crippen LogP contribution < -0.4 is 9.47 Å². The monoisotopic (exact) mass is 730 g/mol. The van der Waals surface area contributed by atoms with Crippen LogP contribution in [0.25, 0.3) is 44.5 Å². The lowest BCUT2D eigenvalue weighted by Gasteiger charge is -2.13.